The first kappa shape index (κ1) is 31.7. The molecule has 0 saturated heterocycles. The lowest BCUT2D eigenvalue weighted by atomic mass is 9.51. The van der Waals surface area contributed by atoms with Crippen molar-refractivity contribution in [3.8, 4) is 44.9 Å². The van der Waals surface area contributed by atoms with Crippen molar-refractivity contribution in [2.45, 2.75) is 10.8 Å². The van der Waals surface area contributed by atoms with Crippen molar-refractivity contribution in [3.63, 3.8) is 0 Å². The molecule has 3 aliphatic rings. The minimum Gasteiger partial charge on any atom is -0.228 e. The Morgan fingerprint density at radius 1 is 0.310 bits per heavy atom. The molecule has 2 spiro atoms. The molecule has 0 unspecified atom stereocenters. The van der Waals surface area contributed by atoms with Crippen LogP contribution < -0.4 is 0 Å². The fourth-order valence-electron chi connectivity index (χ4n) is 11.2. The van der Waals surface area contributed by atoms with E-state index >= 15 is 0 Å². The fraction of sp³-hybridized carbons (Fsp3) is 0.0357. The van der Waals surface area contributed by atoms with Crippen LogP contribution in [0.15, 0.2) is 206 Å². The maximum atomic E-state index is 5.67. The lowest BCUT2D eigenvalue weighted by Gasteiger charge is -2.49. The van der Waals surface area contributed by atoms with E-state index in [-0.39, 0.29) is 0 Å². The second-order valence-corrected chi connectivity index (χ2v) is 15.9. The molecule has 0 saturated carbocycles. The highest BCUT2D eigenvalue weighted by molar-refractivity contribution is 5.99. The molecule has 0 bridgehead atoms. The zero-order chi connectivity index (χ0) is 38.0. The third-order valence-electron chi connectivity index (χ3n) is 13.4. The van der Waals surface area contributed by atoms with Gasteiger partial charge in [-0.2, -0.15) is 0 Å². The van der Waals surface area contributed by atoms with E-state index in [0.29, 0.717) is 0 Å². The van der Waals surface area contributed by atoms with Gasteiger partial charge in [0.1, 0.15) is 0 Å². The third kappa shape index (κ3) is 3.87. The molecular weight excluding hydrogens is 701 g/mol. The molecule has 0 atom stereocenters. The van der Waals surface area contributed by atoms with E-state index < -0.39 is 10.8 Å². The predicted molar refractivity (Wildman–Crippen MR) is 236 cm³/mol. The van der Waals surface area contributed by atoms with Crippen LogP contribution in [-0.2, 0) is 10.8 Å². The minimum atomic E-state index is -0.647. The quantitative estimate of drug-likeness (QED) is 0.177. The molecule has 10 aromatic rings. The first-order valence-electron chi connectivity index (χ1n) is 20.2. The van der Waals surface area contributed by atoms with E-state index in [4.69, 9.17) is 9.97 Å². The Bertz CT molecular complexity index is 3280. The Morgan fingerprint density at radius 2 is 0.776 bits per heavy atom. The summed E-state index contributed by atoms with van der Waals surface area (Å²) in [5.74, 6) is 0.731. The number of nitrogens with zero attached hydrogens (tertiary/aromatic N) is 2. The number of fused-ring (bicyclic) bond motifs is 18. The minimum absolute atomic E-state index is 0.578. The molecule has 2 heteroatoms. The van der Waals surface area contributed by atoms with Gasteiger partial charge in [-0.3, -0.25) is 0 Å². The Labute approximate surface area is 336 Å². The Kier molecular flexibility index (Phi) is 6.33. The first-order chi connectivity index (χ1) is 28.8. The average molecular weight is 735 g/mol. The molecular formula is C56H34N2. The zero-order valence-corrected chi connectivity index (χ0v) is 31.5. The van der Waals surface area contributed by atoms with Gasteiger partial charge in [-0.1, -0.05) is 194 Å². The maximum absolute atomic E-state index is 5.67. The fourth-order valence-corrected chi connectivity index (χ4v) is 11.2. The predicted octanol–water partition coefficient (Wildman–Crippen LogP) is 13.2. The van der Waals surface area contributed by atoms with E-state index in [9.17, 15) is 0 Å². The molecule has 268 valence electrons. The highest BCUT2D eigenvalue weighted by Crippen LogP contribution is 2.68. The number of hydrogen-bond donors (Lipinski definition) is 0. The van der Waals surface area contributed by atoms with Crippen LogP contribution in [0.3, 0.4) is 0 Å². The Morgan fingerprint density at radius 3 is 1.41 bits per heavy atom. The molecule has 0 fully saturated rings. The number of aromatic nitrogens is 2. The molecule has 2 nitrogen and oxygen atoms in total. The van der Waals surface area contributed by atoms with Crippen LogP contribution in [0, 0.1) is 0 Å². The largest absolute Gasteiger partial charge is 0.228 e. The van der Waals surface area contributed by atoms with Crippen molar-refractivity contribution in [3.05, 3.63) is 251 Å². The second kappa shape index (κ2) is 11.6. The first-order valence-corrected chi connectivity index (χ1v) is 20.2. The van der Waals surface area contributed by atoms with Gasteiger partial charge in [-0.15, -0.1) is 0 Å². The molecule has 0 N–H and O–H groups in total. The Balaban J connectivity index is 1.22. The number of hydrogen-bond acceptors (Lipinski definition) is 2. The summed E-state index contributed by atoms with van der Waals surface area (Å²) in [6, 6.07) is 76.2. The summed E-state index contributed by atoms with van der Waals surface area (Å²) >= 11 is 0. The Hall–Kier alpha value is -7.42. The molecule has 3 aliphatic carbocycles. The van der Waals surface area contributed by atoms with E-state index in [1.54, 1.807) is 0 Å². The van der Waals surface area contributed by atoms with Crippen LogP contribution in [0.2, 0.25) is 0 Å². The molecule has 0 aliphatic heterocycles. The van der Waals surface area contributed by atoms with Gasteiger partial charge in [-0.05, 0) is 89.7 Å². The van der Waals surface area contributed by atoms with E-state index in [0.717, 1.165) is 33.5 Å². The molecule has 0 amide bonds. The maximum Gasteiger partial charge on any atom is 0.160 e. The number of benzene rings is 9. The molecule has 1 aromatic heterocycles. The monoisotopic (exact) mass is 734 g/mol. The van der Waals surface area contributed by atoms with Crippen LogP contribution in [0.5, 0.6) is 0 Å². The lowest BCUT2D eigenvalue weighted by Crippen LogP contribution is -2.44. The van der Waals surface area contributed by atoms with Gasteiger partial charge in [0.25, 0.3) is 0 Å². The van der Waals surface area contributed by atoms with E-state index in [1.807, 2.05) is 0 Å². The highest BCUT2D eigenvalue weighted by Gasteiger charge is 2.59. The number of para-hydroxylation sites is 1. The molecule has 0 radical (unpaired) electrons. The van der Waals surface area contributed by atoms with Crippen molar-refractivity contribution < 1.29 is 0 Å². The normalized spacial score (nSPS) is 14.5. The molecule has 13 rings (SSSR count). The smallest absolute Gasteiger partial charge is 0.160 e. The molecule has 58 heavy (non-hydrogen) atoms. The standard InChI is InChI=1S/C56H34N2/c1-2-17-36-34-37(33-32-35(36)16-1)53-42-22-7-14-31-51(42)57-54(58-53)43-23-15-30-50-52(43)56(46-26-10-5-20-40(46)41-21-6-11-27-47(41)56)49-29-13-12-28-48(49)55(50)44-24-8-3-18-38(44)39-19-4-9-25-45(39)55/h1-34H. The lowest BCUT2D eigenvalue weighted by molar-refractivity contribution is 0.634. The zero-order valence-electron chi connectivity index (χ0n) is 31.5. The van der Waals surface area contributed by atoms with Crippen LogP contribution in [-0.4, -0.2) is 9.97 Å². The van der Waals surface area contributed by atoms with E-state index in [1.165, 1.54) is 77.5 Å². The summed E-state index contributed by atoms with van der Waals surface area (Å²) in [4.78, 5) is 11.2. The highest BCUT2D eigenvalue weighted by atomic mass is 14.9. The van der Waals surface area contributed by atoms with Crippen molar-refractivity contribution in [1.29, 1.82) is 0 Å². The van der Waals surface area contributed by atoms with Crippen LogP contribution in [0.25, 0.3) is 66.6 Å². The van der Waals surface area contributed by atoms with Crippen molar-refractivity contribution in [2.75, 3.05) is 0 Å². The SMILES string of the molecule is c1ccc2c(c1)-c1ccccc1C21c2ccccc2C2(c3ccccc3-c3ccccc32)c2c(-c3nc(-c4ccc5ccccc5c4)c4ccccc4n3)cccc21. The van der Waals surface area contributed by atoms with Crippen molar-refractivity contribution in [1.82, 2.24) is 9.97 Å². The summed E-state index contributed by atoms with van der Waals surface area (Å²) in [5.41, 5.74) is 18.2. The van der Waals surface area contributed by atoms with Gasteiger partial charge in [0.2, 0.25) is 0 Å². The number of rotatable bonds is 2. The third-order valence-corrected chi connectivity index (χ3v) is 13.4. The van der Waals surface area contributed by atoms with Gasteiger partial charge in [0.15, 0.2) is 5.82 Å². The molecule has 1 heterocycles. The van der Waals surface area contributed by atoms with Crippen LogP contribution in [0.1, 0.15) is 44.5 Å². The van der Waals surface area contributed by atoms with Crippen molar-refractivity contribution >= 4 is 21.7 Å². The van der Waals surface area contributed by atoms with Crippen molar-refractivity contribution in [2.24, 2.45) is 0 Å². The molecule has 9 aromatic carbocycles. The summed E-state index contributed by atoms with van der Waals surface area (Å²) in [6.07, 6.45) is 0. The van der Waals surface area contributed by atoms with Gasteiger partial charge < -0.3 is 0 Å². The van der Waals surface area contributed by atoms with Crippen LogP contribution >= 0.6 is 0 Å². The summed E-state index contributed by atoms with van der Waals surface area (Å²) < 4.78 is 0. The van der Waals surface area contributed by atoms with E-state index in [2.05, 4.69) is 206 Å². The average Bonchev–Trinajstić information content (AvgIpc) is 3.76. The van der Waals surface area contributed by atoms with Gasteiger partial charge in [-0.25, -0.2) is 9.97 Å². The summed E-state index contributed by atoms with van der Waals surface area (Å²) in [7, 11) is 0. The topological polar surface area (TPSA) is 25.8 Å². The summed E-state index contributed by atoms with van der Waals surface area (Å²) in [6.45, 7) is 0. The second-order valence-electron chi connectivity index (χ2n) is 15.9. The van der Waals surface area contributed by atoms with Crippen LogP contribution in [0.4, 0.5) is 0 Å². The van der Waals surface area contributed by atoms with Gasteiger partial charge in [0.05, 0.1) is 22.0 Å². The van der Waals surface area contributed by atoms with Gasteiger partial charge in [0, 0.05) is 16.5 Å². The summed E-state index contributed by atoms with van der Waals surface area (Å²) in [5, 5.41) is 3.44. The van der Waals surface area contributed by atoms with Gasteiger partial charge >= 0.3 is 0 Å².